The second-order valence-electron chi connectivity index (χ2n) is 6.53. The Hall–Kier alpha value is -2.25. The Morgan fingerprint density at radius 1 is 1.27 bits per heavy atom. The first kappa shape index (κ1) is 18.5. The summed E-state index contributed by atoms with van der Waals surface area (Å²) in [5, 5.41) is 12.9. The molecule has 3 rings (SSSR count). The predicted molar refractivity (Wildman–Crippen MR) is 98.5 cm³/mol. The maximum atomic E-state index is 13.2. The van der Waals surface area contributed by atoms with Gasteiger partial charge in [0, 0.05) is 13.2 Å². The molecule has 26 heavy (non-hydrogen) atoms. The third-order valence-corrected chi connectivity index (χ3v) is 6.16. The number of nitrogens with zero attached hydrogens (tertiary/aromatic N) is 1. The van der Waals surface area contributed by atoms with Crippen LogP contribution in [0.4, 0.5) is 0 Å². The van der Waals surface area contributed by atoms with Crippen LogP contribution < -0.4 is 5.32 Å². The van der Waals surface area contributed by atoms with Gasteiger partial charge in [-0.2, -0.15) is 0 Å². The number of nitrogens with one attached hydrogen (secondary N) is 1. The summed E-state index contributed by atoms with van der Waals surface area (Å²) in [6.45, 7) is 4.58. The van der Waals surface area contributed by atoms with Crippen molar-refractivity contribution in [1.82, 2.24) is 10.3 Å². The van der Waals surface area contributed by atoms with Crippen LogP contribution in [-0.4, -0.2) is 35.2 Å². The molecule has 1 atom stereocenters. The fourth-order valence-electron chi connectivity index (χ4n) is 3.32. The standard InChI is InChI=1S/C19H22N2O4S/c1-12-15(17(22)23)26-16(20-12)13(2)21-18(24)19(8-10-25-11-9-19)14-6-4-3-5-7-14/h3-7,13H,8-11H2,1-2H3,(H,21,24)(H,22,23). The topological polar surface area (TPSA) is 88.5 Å². The molecule has 2 aromatic rings. The van der Waals surface area contributed by atoms with Gasteiger partial charge in [-0.05, 0) is 32.3 Å². The molecular weight excluding hydrogens is 352 g/mol. The van der Waals surface area contributed by atoms with E-state index in [0.717, 1.165) is 16.9 Å². The normalized spacial score (nSPS) is 17.5. The second kappa shape index (κ2) is 7.55. The van der Waals surface area contributed by atoms with Crippen LogP contribution in [0.15, 0.2) is 30.3 Å². The second-order valence-corrected chi connectivity index (χ2v) is 7.56. The van der Waals surface area contributed by atoms with Crippen molar-refractivity contribution in [1.29, 1.82) is 0 Å². The van der Waals surface area contributed by atoms with Gasteiger partial charge in [0.1, 0.15) is 9.88 Å². The van der Waals surface area contributed by atoms with Crippen molar-refractivity contribution in [2.24, 2.45) is 0 Å². The van der Waals surface area contributed by atoms with E-state index in [0.29, 0.717) is 36.8 Å². The zero-order chi connectivity index (χ0) is 18.7. The van der Waals surface area contributed by atoms with E-state index in [1.807, 2.05) is 37.3 Å². The van der Waals surface area contributed by atoms with E-state index < -0.39 is 11.4 Å². The van der Waals surface area contributed by atoms with Gasteiger partial charge in [0.15, 0.2) is 0 Å². The van der Waals surface area contributed by atoms with Crippen LogP contribution in [0.2, 0.25) is 0 Å². The zero-order valence-corrected chi connectivity index (χ0v) is 15.6. The molecule has 1 saturated heterocycles. The number of carboxylic acid groups (broad SMARTS) is 1. The first-order chi connectivity index (χ1) is 12.4. The van der Waals surface area contributed by atoms with Gasteiger partial charge in [0.2, 0.25) is 5.91 Å². The summed E-state index contributed by atoms with van der Waals surface area (Å²) in [5.41, 5.74) is 0.826. The smallest absolute Gasteiger partial charge is 0.347 e. The van der Waals surface area contributed by atoms with Crippen molar-refractivity contribution in [2.75, 3.05) is 13.2 Å². The van der Waals surface area contributed by atoms with Crippen molar-refractivity contribution in [3.8, 4) is 0 Å². The summed E-state index contributed by atoms with van der Waals surface area (Å²) in [6, 6.07) is 9.40. The average Bonchev–Trinajstić information content (AvgIpc) is 3.05. The van der Waals surface area contributed by atoms with E-state index >= 15 is 0 Å². The summed E-state index contributed by atoms with van der Waals surface area (Å²) < 4.78 is 5.48. The molecule has 1 aromatic heterocycles. The molecule has 2 heterocycles. The van der Waals surface area contributed by atoms with Crippen molar-refractivity contribution < 1.29 is 19.4 Å². The van der Waals surface area contributed by atoms with E-state index in [1.165, 1.54) is 0 Å². The number of ether oxygens (including phenoxy) is 1. The zero-order valence-electron chi connectivity index (χ0n) is 14.8. The number of aryl methyl sites for hydroxylation is 1. The van der Waals surface area contributed by atoms with Crippen LogP contribution >= 0.6 is 11.3 Å². The molecule has 1 unspecified atom stereocenters. The monoisotopic (exact) mass is 374 g/mol. The lowest BCUT2D eigenvalue weighted by molar-refractivity contribution is -0.131. The molecule has 138 valence electrons. The van der Waals surface area contributed by atoms with Crippen LogP contribution in [0, 0.1) is 6.92 Å². The van der Waals surface area contributed by atoms with Crippen LogP contribution in [0.3, 0.4) is 0 Å². The Morgan fingerprint density at radius 3 is 2.50 bits per heavy atom. The molecule has 1 aromatic carbocycles. The fraction of sp³-hybridized carbons (Fsp3) is 0.421. The SMILES string of the molecule is Cc1nc(C(C)NC(=O)C2(c3ccccc3)CCOCC2)sc1C(=O)O. The molecule has 1 fully saturated rings. The first-order valence-corrected chi connectivity index (χ1v) is 9.40. The van der Waals surface area contributed by atoms with Gasteiger partial charge in [0.25, 0.3) is 0 Å². The molecule has 0 spiro atoms. The number of benzene rings is 1. The first-order valence-electron chi connectivity index (χ1n) is 8.59. The maximum Gasteiger partial charge on any atom is 0.347 e. The molecule has 0 aliphatic carbocycles. The molecule has 1 amide bonds. The van der Waals surface area contributed by atoms with E-state index in [1.54, 1.807) is 6.92 Å². The number of carboxylic acids is 1. The molecule has 1 aliphatic heterocycles. The largest absolute Gasteiger partial charge is 0.477 e. The van der Waals surface area contributed by atoms with E-state index in [9.17, 15) is 14.7 Å². The minimum Gasteiger partial charge on any atom is -0.477 e. The van der Waals surface area contributed by atoms with Crippen molar-refractivity contribution in [3.05, 3.63) is 51.5 Å². The molecule has 1 aliphatic rings. The van der Waals surface area contributed by atoms with Gasteiger partial charge in [-0.25, -0.2) is 9.78 Å². The predicted octanol–water partition coefficient (Wildman–Crippen LogP) is 3.08. The molecule has 6 nitrogen and oxygen atoms in total. The van der Waals surface area contributed by atoms with Gasteiger partial charge in [-0.1, -0.05) is 30.3 Å². The highest BCUT2D eigenvalue weighted by molar-refractivity contribution is 7.13. The summed E-state index contributed by atoms with van der Waals surface area (Å²) in [7, 11) is 0. The Kier molecular flexibility index (Phi) is 5.38. The summed E-state index contributed by atoms with van der Waals surface area (Å²) in [6.07, 6.45) is 1.24. The number of aromatic nitrogens is 1. The molecular formula is C19H22N2O4S. The lowest BCUT2D eigenvalue weighted by atomic mass is 9.73. The highest BCUT2D eigenvalue weighted by Crippen LogP contribution is 2.36. The van der Waals surface area contributed by atoms with Crippen LogP contribution in [-0.2, 0) is 14.9 Å². The quantitative estimate of drug-likeness (QED) is 0.840. The highest BCUT2D eigenvalue weighted by atomic mass is 32.1. The Labute approximate surface area is 156 Å². The number of carbonyl (C=O) groups is 2. The van der Waals surface area contributed by atoms with Gasteiger partial charge in [0.05, 0.1) is 17.2 Å². The fourth-order valence-corrected chi connectivity index (χ4v) is 4.23. The van der Waals surface area contributed by atoms with Crippen molar-refractivity contribution in [3.63, 3.8) is 0 Å². The minimum atomic E-state index is -0.991. The van der Waals surface area contributed by atoms with Gasteiger partial charge < -0.3 is 15.2 Å². The summed E-state index contributed by atoms with van der Waals surface area (Å²) in [5.74, 6) is -1.06. The number of amides is 1. The lowest BCUT2D eigenvalue weighted by Crippen LogP contribution is -2.48. The third-order valence-electron chi connectivity index (χ3n) is 4.83. The van der Waals surface area contributed by atoms with Crippen molar-refractivity contribution >= 4 is 23.2 Å². The van der Waals surface area contributed by atoms with Crippen LogP contribution in [0.25, 0.3) is 0 Å². The molecule has 0 bridgehead atoms. The van der Waals surface area contributed by atoms with E-state index in [4.69, 9.17) is 4.74 Å². The average molecular weight is 374 g/mol. The molecule has 0 radical (unpaired) electrons. The molecule has 2 N–H and O–H groups in total. The number of thiazole rings is 1. The number of carbonyl (C=O) groups excluding carboxylic acids is 1. The van der Waals surface area contributed by atoms with Crippen molar-refractivity contribution in [2.45, 2.75) is 38.1 Å². The number of hydrogen-bond donors (Lipinski definition) is 2. The van der Waals surface area contributed by atoms with E-state index in [-0.39, 0.29) is 16.8 Å². The van der Waals surface area contributed by atoms with Gasteiger partial charge >= 0.3 is 5.97 Å². The minimum absolute atomic E-state index is 0.0655. The van der Waals surface area contributed by atoms with Gasteiger partial charge in [-0.15, -0.1) is 11.3 Å². The van der Waals surface area contributed by atoms with Crippen LogP contribution in [0.1, 0.15) is 51.7 Å². The lowest BCUT2D eigenvalue weighted by Gasteiger charge is -2.37. The third kappa shape index (κ3) is 3.50. The summed E-state index contributed by atoms with van der Waals surface area (Å²) in [4.78, 5) is 29.0. The van der Waals surface area contributed by atoms with E-state index in [2.05, 4.69) is 10.3 Å². The molecule has 0 saturated carbocycles. The maximum absolute atomic E-state index is 13.2. The number of rotatable bonds is 5. The Morgan fingerprint density at radius 2 is 1.92 bits per heavy atom. The van der Waals surface area contributed by atoms with Gasteiger partial charge in [-0.3, -0.25) is 4.79 Å². The number of hydrogen-bond acceptors (Lipinski definition) is 5. The molecule has 7 heteroatoms. The Bertz CT molecular complexity index is 797. The van der Waals surface area contributed by atoms with Crippen LogP contribution in [0.5, 0.6) is 0 Å². The highest BCUT2D eigenvalue weighted by Gasteiger charge is 2.42. The summed E-state index contributed by atoms with van der Waals surface area (Å²) >= 11 is 1.11. The number of aromatic carboxylic acids is 1. The Balaban J connectivity index is 1.84.